The molecule has 0 heterocycles. The van der Waals surface area contributed by atoms with Gasteiger partial charge in [-0.05, 0) is 47.8 Å². The quantitative estimate of drug-likeness (QED) is 0.620. The molecule has 0 aliphatic rings. The summed E-state index contributed by atoms with van der Waals surface area (Å²) in [6, 6.07) is 7.09. The molecule has 17 heavy (non-hydrogen) atoms. The number of benzene rings is 1. The molecule has 0 aliphatic carbocycles. The summed E-state index contributed by atoms with van der Waals surface area (Å²) in [5.74, 6) is 1.48. The molecule has 0 atom stereocenters. The van der Waals surface area contributed by atoms with E-state index in [1.54, 1.807) is 5.56 Å². The molecule has 0 heteroatoms. The average Bonchev–Trinajstić information content (AvgIpc) is 2.28. The predicted octanol–water partition coefficient (Wildman–Crippen LogP) is 5.35. The van der Waals surface area contributed by atoms with E-state index in [0.29, 0.717) is 5.92 Å². The van der Waals surface area contributed by atoms with E-state index >= 15 is 0 Å². The number of hydrogen-bond donors (Lipinski definition) is 0. The van der Waals surface area contributed by atoms with Crippen LogP contribution < -0.4 is 0 Å². The molecule has 0 saturated heterocycles. The van der Waals surface area contributed by atoms with Crippen LogP contribution in [0.3, 0.4) is 0 Å². The van der Waals surface area contributed by atoms with Gasteiger partial charge in [0.2, 0.25) is 0 Å². The second kappa shape index (κ2) is 6.83. The first kappa shape index (κ1) is 14.3. The van der Waals surface area contributed by atoms with Crippen LogP contribution in [0.1, 0.15) is 70.1 Å². The van der Waals surface area contributed by atoms with Crippen molar-refractivity contribution in [2.75, 3.05) is 0 Å². The van der Waals surface area contributed by atoms with E-state index in [1.165, 1.54) is 30.4 Å². The largest absolute Gasteiger partial charge is 0.0628 e. The zero-order chi connectivity index (χ0) is 12.8. The first-order chi connectivity index (χ1) is 8.04. The molecule has 0 aromatic heterocycles. The minimum absolute atomic E-state index is 0.648. The van der Waals surface area contributed by atoms with E-state index in [4.69, 9.17) is 0 Å². The normalized spacial score (nSPS) is 11.5. The Morgan fingerprint density at radius 2 is 1.76 bits per heavy atom. The van der Waals surface area contributed by atoms with Crippen LogP contribution in [0.5, 0.6) is 0 Å². The molecule has 0 aliphatic heterocycles. The predicted molar refractivity (Wildman–Crippen MR) is 77.7 cm³/mol. The van der Waals surface area contributed by atoms with Crippen molar-refractivity contribution in [3.8, 4) is 0 Å². The third kappa shape index (κ3) is 4.53. The van der Waals surface area contributed by atoms with Crippen LogP contribution in [-0.4, -0.2) is 0 Å². The van der Waals surface area contributed by atoms with Crippen molar-refractivity contribution in [2.24, 2.45) is 5.92 Å². The van der Waals surface area contributed by atoms with E-state index in [9.17, 15) is 0 Å². The summed E-state index contributed by atoms with van der Waals surface area (Å²) in [6.07, 6.45) is 5.05. The molecule has 0 radical (unpaired) electrons. The molecule has 0 fully saturated rings. The Labute approximate surface area is 107 Å². The van der Waals surface area contributed by atoms with E-state index in [0.717, 1.165) is 12.3 Å². The summed E-state index contributed by atoms with van der Waals surface area (Å²) in [5, 5.41) is 0. The highest BCUT2D eigenvalue weighted by Crippen LogP contribution is 2.22. The van der Waals surface area contributed by atoms with Crippen molar-refractivity contribution in [1.82, 2.24) is 0 Å². The van der Waals surface area contributed by atoms with Crippen LogP contribution >= 0.6 is 0 Å². The Balaban J connectivity index is 2.71. The highest BCUT2D eigenvalue weighted by Gasteiger charge is 2.06. The average molecular weight is 232 g/mol. The maximum atomic E-state index is 2.43. The van der Waals surface area contributed by atoms with Crippen LogP contribution in [0.15, 0.2) is 18.2 Å². The topological polar surface area (TPSA) is 0 Å². The van der Waals surface area contributed by atoms with Crippen molar-refractivity contribution in [2.45, 2.75) is 66.2 Å². The Hall–Kier alpha value is -0.780. The van der Waals surface area contributed by atoms with Crippen LogP contribution in [0, 0.1) is 5.92 Å². The van der Waals surface area contributed by atoms with Gasteiger partial charge in [-0.1, -0.05) is 59.2 Å². The summed E-state index contributed by atoms with van der Waals surface area (Å²) >= 11 is 0. The third-order valence-corrected chi connectivity index (χ3v) is 3.46. The van der Waals surface area contributed by atoms with E-state index in [1.807, 2.05) is 0 Å². The highest BCUT2D eigenvalue weighted by atomic mass is 14.1. The fourth-order valence-electron chi connectivity index (χ4n) is 2.37. The van der Waals surface area contributed by atoms with Gasteiger partial charge in [0, 0.05) is 0 Å². The Kier molecular flexibility index (Phi) is 5.74. The van der Waals surface area contributed by atoms with E-state index in [2.05, 4.69) is 52.8 Å². The van der Waals surface area contributed by atoms with Crippen LogP contribution in [0.4, 0.5) is 0 Å². The van der Waals surface area contributed by atoms with Crippen molar-refractivity contribution < 1.29 is 0 Å². The molecule has 1 rings (SSSR count). The molecule has 1 aromatic carbocycles. The van der Waals surface area contributed by atoms with Crippen LogP contribution in [0.25, 0.3) is 0 Å². The van der Waals surface area contributed by atoms with Gasteiger partial charge in [-0.3, -0.25) is 0 Å². The van der Waals surface area contributed by atoms with Crippen molar-refractivity contribution in [3.05, 3.63) is 34.9 Å². The van der Waals surface area contributed by atoms with Gasteiger partial charge in [0.25, 0.3) is 0 Å². The Morgan fingerprint density at radius 3 is 2.29 bits per heavy atom. The molecule has 96 valence electrons. The van der Waals surface area contributed by atoms with Gasteiger partial charge in [0.15, 0.2) is 0 Å². The lowest BCUT2D eigenvalue weighted by Gasteiger charge is -2.14. The van der Waals surface area contributed by atoms with Crippen molar-refractivity contribution >= 4 is 0 Å². The SMILES string of the molecule is CCc1ccc(CCCC(C)C)cc1C(C)C. The summed E-state index contributed by atoms with van der Waals surface area (Å²) in [4.78, 5) is 0. The Morgan fingerprint density at radius 1 is 1.06 bits per heavy atom. The highest BCUT2D eigenvalue weighted by molar-refractivity contribution is 5.34. The summed E-state index contributed by atoms with van der Waals surface area (Å²) in [7, 11) is 0. The number of aryl methyl sites for hydroxylation is 2. The maximum absolute atomic E-state index is 2.43. The fraction of sp³-hybridized carbons (Fsp3) is 0.647. The lowest BCUT2D eigenvalue weighted by atomic mass is 9.92. The molecule has 0 amide bonds. The van der Waals surface area contributed by atoms with Gasteiger partial charge in [-0.15, -0.1) is 0 Å². The third-order valence-electron chi connectivity index (χ3n) is 3.46. The Bertz CT molecular complexity index is 334. The number of rotatable bonds is 6. The first-order valence-corrected chi connectivity index (χ1v) is 7.16. The van der Waals surface area contributed by atoms with Crippen LogP contribution in [0.2, 0.25) is 0 Å². The minimum Gasteiger partial charge on any atom is -0.0628 e. The molecule has 0 spiro atoms. The molecule has 0 saturated carbocycles. The molecule has 1 aromatic rings. The summed E-state index contributed by atoms with van der Waals surface area (Å²) < 4.78 is 0. The zero-order valence-electron chi connectivity index (χ0n) is 12.2. The lowest BCUT2D eigenvalue weighted by molar-refractivity contribution is 0.555. The fourth-order valence-corrected chi connectivity index (χ4v) is 2.37. The van der Waals surface area contributed by atoms with E-state index in [-0.39, 0.29) is 0 Å². The second-order valence-electron chi connectivity index (χ2n) is 5.83. The lowest BCUT2D eigenvalue weighted by Crippen LogP contribution is -1.98. The molecular formula is C17H28. The van der Waals surface area contributed by atoms with Crippen LogP contribution in [-0.2, 0) is 12.8 Å². The summed E-state index contributed by atoms with van der Waals surface area (Å²) in [6.45, 7) is 11.5. The second-order valence-corrected chi connectivity index (χ2v) is 5.83. The standard InChI is InChI=1S/C17H28/c1-6-16-11-10-15(9-7-8-13(2)3)12-17(16)14(4)5/h10-14H,6-9H2,1-5H3. The minimum atomic E-state index is 0.648. The van der Waals surface area contributed by atoms with Gasteiger partial charge < -0.3 is 0 Å². The zero-order valence-corrected chi connectivity index (χ0v) is 12.2. The molecule has 0 unspecified atom stereocenters. The molecule has 0 nitrogen and oxygen atoms in total. The summed E-state index contributed by atoms with van der Waals surface area (Å²) in [5.41, 5.74) is 4.59. The molecule has 0 N–H and O–H groups in total. The first-order valence-electron chi connectivity index (χ1n) is 7.16. The van der Waals surface area contributed by atoms with E-state index < -0.39 is 0 Å². The molecule has 0 bridgehead atoms. The molecular weight excluding hydrogens is 204 g/mol. The maximum Gasteiger partial charge on any atom is -0.0216 e. The van der Waals surface area contributed by atoms with Crippen molar-refractivity contribution in [1.29, 1.82) is 0 Å². The van der Waals surface area contributed by atoms with Crippen molar-refractivity contribution in [3.63, 3.8) is 0 Å². The van der Waals surface area contributed by atoms with Gasteiger partial charge in [0.1, 0.15) is 0 Å². The van der Waals surface area contributed by atoms with Gasteiger partial charge >= 0.3 is 0 Å². The smallest absolute Gasteiger partial charge is 0.0216 e. The van der Waals surface area contributed by atoms with Gasteiger partial charge in [0.05, 0.1) is 0 Å². The number of hydrogen-bond acceptors (Lipinski definition) is 0. The van der Waals surface area contributed by atoms with Gasteiger partial charge in [-0.25, -0.2) is 0 Å². The van der Waals surface area contributed by atoms with Gasteiger partial charge in [-0.2, -0.15) is 0 Å². The monoisotopic (exact) mass is 232 g/mol.